The predicted molar refractivity (Wildman–Crippen MR) is 46.3 cm³/mol. The molecule has 0 saturated carbocycles. The van der Waals surface area contributed by atoms with Gasteiger partial charge in [0.15, 0.2) is 0 Å². The number of aryl methyl sites for hydroxylation is 1. The van der Waals surface area contributed by atoms with Gasteiger partial charge in [0, 0.05) is 26.2 Å². The van der Waals surface area contributed by atoms with E-state index in [1.165, 1.54) is 11.0 Å². The second-order valence-corrected chi connectivity index (χ2v) is 3.04. The molecule has 0 N–H and O–H groups in total. The van der Waals surface area contributed by atoms with Crippen LogP contribution in [0.5, 0.6) is 0 Å². The van der Waals surface area contributed by atoms with Crippen LogP contribution >= 0.6 is 0 Å². The first-order valence-corrected chi connectivity index (χ1v) is 4.05. The molecule has 0 bridgehead atoms. The molecular formula is C8H11N3O. The fraction of sp³-hybridized carbons (Fsp3) is 0.500. The van der Waals surface area contributed by atoms with Gasteiger partial charge in [-0.3, -0.25) is 4.79 Å². The third-order valence-corrected chi connectivity index (χ3v) is 2.14. The van der Waals surface area contributed by atoms with Crippen LogP contribution in [0.1, 0.15) is 6.42 Å². The van der Waals surface area contributed by atoms with Crippen LogP contribution in [0, 0.1) is 0 Å². The van der Waals surface area contributed by atoms with Crippen molar-refractivity contribution in [2.75, 3.05) is 18.0 Å². The van der Waals surface area contributed by atoms with Crippen molar-refractivity contribution in [1.29, 1.82) is 0 Å². The summed E-state index contributed by atoms with van der Waals surface area (Å²) in [6.45, 7) is 2.06. The van der Waals surface area contributed by atoms with E-state index in [0.717, 1.165) is 18.9 Å². The first kappa shape index (κ1) is 7.34. The molecular weight excluding hydrogens is 154 g/mol. The largest absolute Gasteiger partial charge is 0.356 e. The summed E-state index contributed by atoms with van der Waals surface area (Å²) in [5, 5.41) is 0. The summed E-state index contributed by atoms with van der Waals surface area (Å²) in [4.78, 5) is 17.4. The van der Waals surface area contributed by atoms with Gasteiger partial charge in [0.2, 0.25) is 0 Å². The van der Waals surface area contributed by atoms with Gasteiger partial charge in [-0.2, -0.15) is 0 Å². The molecule has 0 aliphatic carbocycles. The van der Waals surface area contributed by atoms with Crippen LogP contribution in [0.25, 0.3) is 0 Å². The standard InChI is InChI=1S/C8H11N3O/c1-10-6-9-7(5-8(10)12)11-3-2-4-11/h5-6H,2-4H2,1H3. The maximum atomic E-state index is 11.2. The summed E-state index contributed by atoms with van der Waals surface area (Å²) in [7, 11) is 1.70. The van der Waals surface area contributed by atoms with Gasteiger partial charge < -0.3 is 9.47 Å². The van der Waals surface area contributed by atoms with Crippen molar-refractivity contribution in [2.24, 2.45) is 7.05 Å². The second-order valence-electron chi connectivity index (χ2n) is 3.04. The number of nitrogens with zero attached hydrogens (tertiary/aromatic N) is 3. The van der Waals surface area contributed by atoms with Crippen molar-refractivity contribution in [3.05, 3.63) is 22.7 Å². The molecule has 0 atom stereocenters. The molecule has 2 heterocycles. The predicted octanol–water partition coefficient (Wildman–Crippen LogP) is -0.00960. The average molecular weight is 165 g/mol. The highest BCUT2D eigenvalue weighted by molar-refractivity contribution is 5.38. The highest BCUT2D eigenvalue weighted by Crippen LogP contribution is 2.14. The molecule has 0 radical (unpaired) electrons. The zero-order valence-electron chi connectivity index (χ0n) is 7.03. The molecule has 0 aromatic carbocycles. The summed E-state index contributed by atoms with van der Waals surface area (Å²) < 4.78 is 1.48. The Hall–Kier alpha value is -1.32. The van der Waals surface area contributed by atoms with E-state index in [9.17, 15) is 4.79 Å². The maximum Gasteiger partial charge on any atom is 0.255 e. The number of hydrogen-bond donors (Lipinski definition) is 0. The van der Waals surface area contributed by atoms with E-state index in [4.69, 9.17) is 0 Å². The number of hydrogen-bond acceptors (Lipinski definition) is 3. The Morgan fingerprint density at radius 2 is 2.25 bits per heavy atom. The minimum Gasteiger partial charge on any atom is -0.356 e. The SMILES string of the molecule is Cn1cnc(N2CCC2)cc1=O. The summed E-state index contributed by atoms with van der Waals surface area (Å²) in [5.41, 5.74) is 0.00639. The average Bonchev–Trinajstić information content (AvgIpc) is 1.93. The van der Waals surface area contributed by atoms with Crippen LogP contribution in [-0.4, -0.2) is 22.6 Å². The van der Waals surface area contributed by atoms with Gasteiger partial charge in [-0.15, -0.1) is 0 Å². The van der Waals surface area contributed by atoms with Crippen molar-refractivity contribution < 1.29 is 0 Å². The molecule has 1 aliphatic heterocycles. The van der Waals surface area contributed by atoms with Crippen LogP contribution in [0.15, 0.2) is 17.2 Å². The fourth-order valence-electron chi connectivity index (χ4n) is 1.17. The van der Waals surface area contributed by atoms with E-state index in [0.29, 0.717) is 0 Å². The molecule has 4 nitrogen and oxygen atoms in total. The molecule has 12 heavy (non-hydrogen) atoms. The quantitative estimate of drug-likeness (QED) is 0.587. The van der Waals surface area contributed by atoms with E-state index in [2.05, 4.69) is 9.88 Å². The van der Waals surface area contributed by atoms with Gasteiger partial charge in [-0.05, 0) is 6.42 Å². The van der Waals surface area contributed by atoms with Crippen LogP contribution in [0.2, 0.25) is 0 Å². The van der Waals surface area contributed by atoms with E-state index in [1.54, 1.807) is 19.4 Å². The molecule has 0 amide bonds. The van der Waals surface area contributed by atoms with Gasteiger partial charge in [-0.25, -0.2) is 4.98 Å². The minimum atomic E-state index is 0.00639. The van der Waals surface area contributed by atoms with E-state index < -0.39 is 0 Å². The Labute approximate surface area is 70.5 Å². The van der Waals surface area contributed by atoms with Crippen LogP contribution in [0.3, 0.4) is 0 Å². The van der Waals surface area contributed by atoms with Crippen molar-refractivity contribution in [3.63, 3.8) is 0 Å². The fourth-order valence-corrected chi connectivity index (χ4v) is 1.17. The lowest BCUT2D eigenvalue weighted by molar-refractivity contribution is 0.605. The number of anilines is 1. The molecule has 2 rings (SSSR count). The normalized spacial score (nSPS) is 15.9. The van der Waals surface area contributed by atoms with Crippen LogP contribution in [0.4, 0.5) is 5.82 Å². The highest BCUT2D eigenvalue weighted by atomic mass is 16.1. The Kier molecular flexibility index (Phi) is 1.60. The second kappa shape index (κ2) is 2.62. The molecule has 0 spiro atoms. The number of aromatic nitrogens is 2. The molecule has 64 valence electrons. The van der Waals surface area contributed by atoms with Crippen molar-refractivity contribution in [1.82, 2.24) is 9.55 Å². The molecule has 1 aromatic heterocycles. The summed E-state index contributed by atoms with van der Waals surface area (Å²) >= 11 is 0. The van der Waals surface area contributed by atoms with E-state index in [-0.39, 0.29) is 5.56 Å². The Morgan fingerprint density at radius 1 is 1.50 bits per heavy atom. The van der Waals surface area contributed by atoms with Crippen molar-refractivity contribution >= 4 is 5.82 Å². The minimum absolute atomic E-state index is 0.00639. The zero-order chi connectivity index (χ0) is 8.55. The van der Waals surface area contributed by atoms with Gasteiger partial charge >= 0.3 is 0 Å². The van der Waals surface area contributed by atoms with Crippen molar-refractivity contribution in [2.45, 2.75) is 6.42 Å². The third kappa shape index (κ3) is 1.09. The van der Waals surface area contributed by atoms with Gasteiger partial charge in [-0.1, -0.05) is 0 Å². The zero-order valence-corrected chi connectivity index (χ0v) is 7.03. The first-order valence-electron chi connectivity index (χ1n) is 4.05. The topological polar surface area (TPSA) is 38.1 Å². The van der Waals surface area contributed by atoms with Gasteiger partial charge in [0.1, 0.15) is 5.82 Å². The summed E-state index contributed by atoms with van der Waals surface area (Å²) in [6, 6.07) is 1.58. The Morgan fingerprint density at radius 3 is 2.75 bits per heavy atom. The smallest absolute Gasteiger partial charge is 0.255 e. The monoisotopic (exact) mass is 165 g/mol. The molecule has 1 fully saturated rings. The Bertz CT molecular complexity index is 340. The maximum absolute atomic E-state index is 11.2. The van der Waals surface area contributed by atoms with E-state index >= 15 is 0 Å². The first-order chi connectivity index (χ1) is 5.77. The molecule has 0 unspecified atom stereocenters. The lowest BCUT2D eigenvalue weighted by Crippen LogP contribution is -2.38. The third-order valence-electron chi connectivity index (χ3n) is 2.14. The summed E-state index contributed by atoms with van der Waals surface area (Å²) in [5.74, 6) is 0.810. The van der Waals surface area contributed by atoms with E-state index in [1.807, 2.05) is 0 Å². The molecule has 1 aromatic rings. The molecule has 1 aliphatic rings. The van der Waals surface area contributed by atoms with Crippen LogP contribution in [-0.2, 0) is 7.05 Å². The molecule has 1 saturated heterocycles. The van der Waals surface area contributed by atoms with Crippen molar-refractivity contribution in [3.8, 4) is 0 Å². The van der Waals surface area contributed by atoms with Gasteiger partial charge in [0.25, 0.3) is 5.56 Å². The van der Waals surface area contributed by atoms with Gasteiger partial charge in [0.05, 0.1) is 6.33 Å². The Balaban J connectivity index is 2.33. The van der Waals surface area contributed by atoms with Crippen LogP contribution < -0.4 is 10.5 Å². The lowest BCUT2D eigenvalue weighted by Gasteiger charge is -2.31. The lowest BCUT2D eigenvalue weighted by atomic mass is 10.2. The summed E-state index contributed by atoms with van der Waals surface area (Å²) in [6.07, 6.45) is 2.77. The number of rotatable bonds is 1. The highest BCUT2D eigenvalue weighted by Gasteiger charge is 2.15. The molecule has 4 heteroatoms.